The number of halogens is 1. The fraction of sp³-hybridized carbons (Fsp3) is 0.450. The summed E-state index contributed by atoms with van der Waals surface area (Å²) in [5, 5.41) is 8.43. The van der Waals surface area contributed by atoms with E-state index < -0.39 is 0 Å². The van der Waals surface area contributed by atoms with E-state index in [1.807, 2.05) is 5.38 Å². The Labute approximate surface area is 174 Å². The predicted molar refractivity (Wildman–Crippen MR) is 113 cm³/mol. The van der Waals surface area contributed by atoms with Gasteiger partial charge < -0.3 is 10.6 Å². The number of likely N-dealkylation sites (tertiary alicyclic amines) is 1. The van der Waals surface area contributed by atoms with Gasteiger partial charge in [-0.25, -0.2) is 4.98 Å². The first-order valence-electron chi connectivity index (χ1n) is 9.39. The van der Waals surface area contributed by atoms with Gasteiger partial charge in [-0.1, -0.05) is 25.4 Å². The quantitative estimate of drug-likeness (QED) is 0.748. The molecule has 1 saturated heterocycles. The van der Waals surface area contributed by atoms with Crippen LogP contribution in [0.3, 0.4) is 0 Å². The molecule has 2 heterocycles. The van der Waals surface area contributed by atoms with Gasteiger partial charge in [-0.15, -0.1) is 11.3 Å². The highest BCUT2D eigenvalue weighted by Gasteiger charge is 2.22. The Kier molecular flexibility index (Phi) is 7.04. The number of amides is 2. The van der Waals surface area contributed by atoms with Gasteiger partial charge in [-0.2, -0.15) is 0 Å². The first kappa shape index (κ1) is 20.8. The Balaban J connectivity index is 1.46. The molecule has 3 rings (SSSR count). The zero-order chi connectivity index (χ0) is 20.1. The fourth-order valence-corrected chi connectivity index (χ4v) is 4.46. The predicted octanol–water partition coefficient (Wildman–Crippen LogP) is 3.64. The molecule has 6 nitrogen and oxygen atoms in total. The summed E-state index contributed by atoms with van der Waals surface area (Å²) in [5.74, 6) is 0.778. The van der Waals surface area contributed by atoms with Crippen LogP contribution < -0.4 is 10.6 Å². The number of piperidine rings is 1. The number of rotatable bonds is 6. The van der Waals surface area contributed by atoms with Crippen LogP contribution in [-0.4, -0.2) is 41.3 Å². The van der Waals surface area contributed by atoms with E-state index in [9.17, 15) is 9.59 Å². The second-order valence-corrected chi connectivity index (χ2v) is 8.82. The summed E-state index contributed by atoms with van der Waals surface area (Å²) in [6.07, 6.45) is 1.27. The maximum Gasteiger partial charge on any atom is 0.251 e. The van der Waals surface area contributed by atoms with Gasteiger partial charge >= 0.3 is 0 Å². The molecule has 1 aromatic carbocycles. The summed E-state index contributed by atoms with van der Waals surface area (Å²) in [6.45, 7) is 7.42. The van der Waals surface area contributed by atoms with Crippen LogP contribution in [0.15, 0.2) is 29.6 Å². The highest BCUT2D eigenvalue weighted by Crippen LogP contribution is 2.23. The van der Waals surface area contributed by atoms with E-state index in [2.05, 4.69) is 34.4 Å². The normalized spacial score (nSPS) is 20.0. The van der Waals surface area contributed by atoms with Crippen LogP contribution >= 0.6 is 22.9 Å². The molecule has 2 N–H and O–H groups in total. The number of aromatic nitrogens is 1. The van der Waals surface area contributed by atoms with Crippen molar-refractivity contribution in [3.63, 3.8) is 0 Å². The maximum atomic E-state index is 12.1. The van der Waals surface area contributed by atoms with E-state index in [1.165, 1.54) is 17.8 Å². The minimum absolute atomic E-state index is 0.114. The summed E-state index contributed by atoms with van der Waals surface area (Å²) in [6, 6.07) is 6.50. The Morgan fingerprint density at radius 1 is 1.21 bits per heavy atom. The molecular formula is C20H25ClN4O2S. The van der Waals surface area contributed by atoms with Gasteiger partial charge in [-0.05, 0) is 42.5 Å². The van der Waals surface area contributed by atoms with Crippen molar-refractivity contribution in [1.29, 1.82) is 0 Å². The second kappa shape index (κ2) is 9.49. The lowest BCUT2D eigenvalue weighted by molar-refractivity contribution is -0.115. The molecule has 0 bridgehead atoms. The third-order valence-corrected chi connectivity index (χ3v) is 5.70. The molecule has 0 unspecified atom stereocenters. The topological polar surface area (TPSA) is 74.3 Å². The smallest absolute Gasteiger partial charge is 0.251 e. The molecular weight excluding hydrogens is 396 g/mol. The SMILES string of the molecule is C[C@H]1C[C@H](C)CN(Cc2csc(NC(=O)CNC(=O)c3ccc(Cl)cc3)n2)C1. The van der Waals surface area contributed by atoms with Gasteiger partial charge in [0.05, 0.1) is 12.2 Å². The third kappa shape index (κ3) is 6.02. The van der Waals surface area contributed by atoms with Gasteiger partial charge in [-0.3, -0.25) is 14.5 Å². The van der Waals surface area contributed by atoms with Crippen LogP contribution in [-0.2, 0) is 11.3 Å². The monoisotopic (exact) mass is 420 g/mol. The van der Waals surface area contributed by atoms with Gasteiger partial charge in [0.2, 0.25) is 5.91 Å². The van der Waals surface area contributed by atoms with Gasteiger partial charge in [0, 0.05) is 35.6 Å². The Morgan fingerprint density at radius 3 is 2.57 bits per heavy atom. The van der Waals surface area contributed by atoms with Crippen LogP contribution in [0.1, 0.15) is 36.3 Å². The average molecular weight is 421 g/mol. The number of anilines is 1. The summed E-state index contributed by atoms with van der Waals surface area (Å²) >= 11 is 7.21. The first-order chi connectivity index (χ1) is 13.4. The summed E-state index contributed by atoms with van der Waals surface area (Å²) in [5.41, 5.74) is 1.42. The molecule has 2 aromatic rings. The zero-order valence-electron chi connectivity index (χ0n) is 16.1. The lowest BCUT2D eigenvalue weighted by atomic mass is 9.92. The standard InChI is InChI=1S/C20H25ClN4O2S/c1-13-7-14(2)10-25(9-13)11-17-12-28-20(23-17)24-18(26)8-22-19(27)15-3-5-16(21)6-4-15/h3-6,12-14H,7-11H2,1-2H3,(H,22,27)(H,23,24,26)/t13-,14-/m0/s1. The molecule has 0 saturated carbocycles. The summed E-state index contributed by atoms with van der Waals surface area (Å²) < 4.78 is 0. The van der Waals surface area contributed by atoms with Crippen molar-refractivity contribution in [3.8, 4) is 0 Å². The van der Waals surface area contributed by atoms with Crippen LogP contribution in [0, 0.1) is 11.8 Å². The molecule has 150 valence electrons. The van der Waals surface area contributed by atoms with E-state index >= 15 is 0 Å². The van der Waals surface area contributed by atoms with Crippen LogP contribution in [0.4, 0.5) is 5.13 Å². The minimum Gasteiger partial charge on any atom is -0.343 e. The molecule has 0 spiro atoms. The van der Waals surface area contributed by atoms with Gasteiger partial charge in [0.25, 0.3) is 5.91 Å². The molecule has 0 aliphatic carbocycles. The van der Waals surface area contributed by atoms with Crippen molar-refractivity contribution in [2.24, 2.45) is 11.8 Å². The minimum atomic E-state index is -0.319. The maximum absolute atomic E-state index is 12.1. The van der Waals surface area contributed by atoms with E-state index in [-0.39, 0.29) is 18.4 Å². The van der Waals surface area contributed by atoms with Crippen LogP contribution in [0.2, 0.25) is 5.02 Å². The van der Waals surface area contributed by atoms with Crippen molar-refractivity contribution >= 4 is 39.9 Å². The van der Waals surface area contributed by atoms with Gasteiger partial charge in [0.1, 0.15) is 0 Å². The number of benzene rings is 1. The number of carbonyl (C=O) groups excluding carboxylic acids is 2. The number of hydrogen-bond acceptors (Lipinski definition) is 5. The molecule has 1 aliphatic rings. The van der Waals surface area contributed by atoms with Crippen molar-refractivity contribution in [3.05, 3.63) is 45.9 Å². The largest absolute Gasteiger partial charge is 0.343 e. The van der Waals surface area contributed by atoms with E-state index in [1.54, 1.807) is 24.3 Å². The van der Waals surface area contributed by atoms with E-state index in [4.69, 9.17) is 11.6 Å². The number of thiazole rings is 1. The van der Waals surface area contributed by atoms with Crippen molar-refractivity contribution in [2.45, 2.75) is 26.8 Å². The number of hydrogen-bond donors (Lipinski definition) is 2. The number of nitrogens with one attached hydrogen (secondary N) is 2. The highest BCUT2D eigenvalue weighted by atomic mass is 35.5. The Hall–Kier alpha value is -1.96. The highest BCUT2D eigenvalue weighted by molar-refractivity contribution is 7.13. The lowest BCUT2D eigenvalue weighted by Crippen LogP contribution is -2.38. The Bertz CT molecular complexity index is 814. The average Bonchev–Trinajstić information content (AvgIpc) is 3.06. The zero-order valence-corrected chi connectivity index (χ0v) is 17.6. The molecule has 28 heavy (non-hydrogen) atoms. The van der Waals surface area contributed by atoms with E-state index in [0.29, 0.717) is 27.6 Å². The van der Waals surface area contributed by atoms with Gasteiger partial charge in [0.15, 0.2) is 5.13 Å². The lowest BCUT2D eigenvalue weighted by Gasteiger charge is -2.34. The van der Waals surface area contributed by atoms with Crippen molar-refractivity contribution < 1.29 is 9.59 Å². The van der Waals surface area contributed by atoms with Crippen molar-refractivity contribution in [2.75, 3.05) is 25.0 Å². The molecule has 2 atom stereocenters. The molecule has 0 radical (unpaired) electrons. The molecule has 1 aromatic heterocycles. The number of nitrogens with zero attached hydrogens (tertiary/aromatic N) is 2. The third-order valence-electron chi connectivity index (χ3n) is 4.64. The summed E-state index contributed by atoms with van der Waals surface area (Å²) in [7, 11) is 0. The summed E-state index contributed by atoms with van der Waals surface area (Å²) in [4.78, 5) is 31.1. The fourth-order valence-electron chi connectivity index (χ4n) is 3.61. The Morgan fingerprint density at radius 2 is 1.89 bits per heavy atom. The molecule has 2 amide bonds. The molecule has 1 fully saturated rings. The van der Waals surface area contributed by atoms with E-state index in [0.717, 1.165) is 25.3 Å². The number of carbonyl (C=O) groups is 2. The van der Waals surface area contributed by atoms with Crippen LogP contribution in [0.25, 0.3) is 0 Å². The molecule has 1 aliphatic heterocycles. The van der Waals surface area contributed by atoms with Crippen molar-refractivity contribution in [1.82, 2.24) is 15.2 Å². The molecule has 8 heteroatoms. The van der Waals surface area contributed by atoms with Crippen LogP contribution in [0.5, 0.6) is 0 Å². The second-order valence-electron chi connectivity index (χ2n) is 7.52. The first-order valence-corrected chi connectivity index (χ1v) is 10.6.